The summed E-state index contributed by atoms with van der Waals surface area (Å²) in [6.45, 7) is 6.92. The van der Waals surface area contributed by atoms with Gasteiger partial charge >= 0.3 is 0 Å². The third kappa shape index (κ3) is 5.61. The number of sulfonamides is 1. The van der Waals surface area contributed by atoms with E-state index in [0.717, 1.165) is 16.9 Å². The molecule has 1 saturated heterocycles. The van der Waals surface area contributed by atoms with Gasteiger partial charge in [0.1, 0.15) is 5.75 Å². The monoisotopic (exact) mass is 430 g/mol. The van der Waals surface area contributed by atoms with Crippen LogP contribution >= 0.6 is 0 Å². The van der Waals surface area contributed by atoms with Crippen molar-refractivity contribution < 1.29 is 17.9 Å². The van der Waals surface area contributed by atoms with Crippen molar-refractivity contribution in [2.75, 3.05) is 13.1 Å². The molecule has 1 atom stereocenters. The maximum atomic E-state index is 12.9. The van der Waals surface area contributed by atoms with E-state index in [4.69, 9.17) is 4.74 Å². The number of amides is 1. The molecule has 2 aromatic carbocycles. The number of carbonyl (C=O) groups is 1. The first-order chi connectivity index (χ1) is 14.3. The minimum Gasteiger partial charge on any atom is -0.491 e. The quantitative estimate of drug-likeness (QED) is 0.730. The molecular weight excluding hydrogens is 400 g/mol. The molecule has 0 unspecified atom stereocenters. The van der Waals surface area contributed by atoms with Gasteiger partial charge in [-0.25, -0.2) is 8.42 Å². The highest BCUT2D eigenvalue weighted by atomic mass is 32.2. The molecule has 0 aromatic heterocycles. The van der Waals surface area contributed by atoms with Crippen LogP contribution in [0.4, 0.5) is 0 Å². The molecule has 0 radical (unpaired) electrons. The second kappa shape index (κ2) is 9.62. The van der Waals surface area contributed by atoms with Gasteiger partial charge in [-0.3, -0.25) is 4.79 Å². The summed E-state index contributed by atoms with van der Waals surface area (Å²) in [6.07, 6.45) is 1.47. The summed E-state index contributed by atoms with van der Waals surface area (Å²) < 4.78 is 32.9. The standard InChI is InChI=1S/C23H30N2O4S/c1-17(2)29-21-10-8-19(9-11-21)15-24-23(26)20-5-4-14-25(16-20)30(27,28)22-12-6-18(3)7-13-22/h6-13,17,20H,4-5,14-16H2,1-3H3,(H,24,26)/t20-/m0/s1. The molecule has 2 aromatic rings. The van der Waals surface area contributed by atoms with E-state index in [9.17, 15) is 13.2 Å². The number of nitrogens with zero attached hydrogens (tertiary/aromatic N) is 1. The Labute approximate surface area is 179 Å². The van der Waals surface area contributed by atoms with Crippen molar-refractivity contribution in [2.45, 2.75) is 51.2 Å². The molecule has 3 rings (SSSR count). The van der Waals surface area contributed by atoms with Crippen molar-refractivity contribution in [3.63, 3.8) is 0 Å². The van der Waals surface area contributed by atoms with Crippen LogP contribution in [0.15, 0.2) is 53.4 Å². The summed E-state index contributed by atoms with van der Waals surface area (Å²) in [4.78, 5) is 13.0. The van der Waals surface area contributed by atoms with Gasteiger partial charge in [0.2, 0.25) is 15.9 Å². The average molecular weight is 431 g/mol. The number of rotatable bonds is 7. The fourth-order valence-corrected chi connectivity index (χ4v) is 5.05. The molecule has 6 nitrogen and oxygen atoms in total. The molecule has 0 aliphatic carbocycles. The molecule has 1 amide bonds. The zero-order valence-electron chi connectivity index (χ0n) is 17.8. The highest BCUT2D eigenvalue weighted by Gasteiger charge is 2.33. The third-order valence-electron chi connectivity index (χ3n) is 5.18. The zero-order valence-corrected chi connectivity index (χ0v) is 18.6. The SMILES string of the molecule is Cc1ccc(S(=O)(=O)N2CCC[C@H](C(=O)NCc3ccc(OC(C)C)cc3)C2)cc1. The van der Waals surface area contributed by atoms with Crippen LogP contribution in [-0.2, 0) is 21.4 Å². The summed E-state index contributed by atoms with van der Waals surface area (Å²) in [5.41, 5.74) is 1.98. The van der Waals surface area contributed by atoms with Crippen LogP contribution in [-0.4, -0.2) is 37.8 Å². The highest BCUT2D eigenvalue weighted by Crippen LogP contribution is 2.24. The fraction of sp³-hybridized carbons (Fsp3) is 0.435. The molecule has 0 saturated carbocycles. The summed E-state index contributed by atoms with van der Waals surface area (Å²) in [6, 6.07) is 14.5. The van der Waals surface area contributed by atoms with Gasteiger partial charge in [0.05, 0.1) is 16.9 Å². The Morgan fingerprint density at radius 3 is 2.43 bits per heavy atom. The zero-order chi connectivity index (χ0) is 21.7. The minimum absolute atomic E-state index is 0.110. The van der Waals surface area contributed by atoms with Crippen LogP contribution in [0.25, 0.3) is 0 Å². The van der Waals surface area contributed by atoms with E-state index >= 15 is 0 Å². The molecule has 1 aliphatic rings. The smallest absolute Gasteiger partial charge is 0.243 e. The number of carbonyl (C=O) groups excluding carboxylic acids is 1. The van der Waals surface area contributed by atoms with Crippen molar-refractivity contribution in [3.05, 3.63) is 59.7 Å². The van der Waals surface area contributed by atoms with Crippen molar-refractivity contribution in [2.24, 2.45) is 5.92 Å². The number of piperidine rings is 1. The van der Waals surface area contributed by atoms with Gasteiger partial charge in [-0.15, -0.1) is 0 Å². The van der Waals surface area contributed by atoms with Crippen LogP contribution in [0.1, 0.15) is 37.8 Å². The van der Waals surface area contributed by atoms with Crippen molar-refractivity contribution in [1.82, 2.24) is 9.62 Å². The lowest BCUT2D eigenvalue weighted by Crippen LogP contribution is -2.45. The number of aryl methyl sites for hydroxylation is 1. The Bertz CT molecular complexity index is 954. The Kier molecular flexibility index (Phi) is 7.15. The topological polar surface area (TPSA) is 75.7 Å². The first-order valence-corrected chi connectivity index (χ1v) is 11.8. The summed E-state index contributed by atoms with van der Waals surface area (Å²) in [5, 5.41) is 2.95. The highest BCUT2D eigenvalue weighted by molar-refractivity contribution is 7.89. The van der Waals surface area contributed by atoms with Crippen LogP contribution in [0.2, 0.25) is 0 Å². The second-order valence-corrected chi connectivity index (χ2v) is 9.98. The van der Waals surface area contributed by atoms with E-state index in [2.05, 4.69) is 5.32 Å². The number of hydrogen-bond acceptors (Lipinski definition) is 4. The minimum atomic E-state index is -3.59. The van der Waals surface area contributed by atoms with E-state index in [0.29, 0.717) is 25.9 Å². The van der Waals surface area contributed by atoms with E-state index in [1.54, 1.807) is 24.3 Å². The van der Waals surface area contributed by atoms with Gasteiger partial charge in [0.15, 0.2) is 0 Å². The maximum Gasteiger partial charge on any atom is 0.243 e. The number of benzene rings is 2. The summed E-state index contributed by atoms with van der Waals surface area (Å²) in [5.74, 6) is 0.341. The lowest BCUT2D eigenvalue weighted by Gasteiger charge is -2.31. The summed E-state index contributed by atoms with van der Waals surface area (Å²) in [7, 11) is -3.59. The first-order valence-electron chi connectivity index (χ1n) is 10.4. The van der Waals surface area contributed by atoms with E-state index in [1.165, 1.54) is 4.31 Å². The maximum absolute atomic E-state index is 12.9. The second-order valence-electron chi connectivity index (χ2n) is 8.04. The van der Waals surface area contributed by atoms with Crippen molar-refractivity contribution in [1.29, 1.82) is 0 Å². The molecule has 1 fully saturated rings. The Hall–Kier alpha value is -2.38. The first kappa shape index (κ1) is 22.3. The van der Waals surface area contributed by atoms with Gasteiger partial charge < -0.3 is 10.1 Å². The Morgan fingerprint density at radius 2 is 1.80 bits per heavy atom. The molecule has 7 heteroatoms. The van der Waals surface area contributed by atoms with Gasteiger partial charge in [0, 0.05) is 19.6 Å². The fourth-order valence-electron chi connectivity index (χ4n) is 3.53. The average Bonchev–Trinajstić information content (AvgIpc) is 2.73. The van der Waals surface area contributed by atoms with Gasteiger partial charge in [-0.05, 0) is 63.4 Å². The van der Waals surface area contributed by atoms with Gasteiger partial charge in [0.25, 0.3) is 0 Å². The van der Waals surface area contributed by atoms with E-state index in [-0.39, 0.29) is 29.4 Å². The van der Waals surface area contributed by atoms with Crippen LogP contribution in [0.5, 0.6) is 5.75 Å². The lowest BCUT2D eigenvalue weighted by atomic mass is 9.99. The van der Waals surface area contributed by atoms with Crippen molar-refractivity contribution >= 4 is 15.9 Å². The van der Waals surface area contributed by atoms with Crippen LogP contribution in [0, 0.1) is 12.8 Å². The Balaban J connectivity index is 1.58. The van der Waals surface area contributed by atoms with E-state index < -0.39 is 10.0 Å². The number of hydrogen-bond donors (Lipinski definition) is 1. The summed E-state index contributed by atoms with van der Waals surface area (Å²) >= 11 is 0. The molecule has 1 N–H and O–H groups in total. The van der Waals surface area contributed by atoms with Crippen molar-refractivity contribution in [3.8, 4) is 5.75 Å². The predicted molar refractivity (Wildman–Crippen MR) is 117 cm³/mol. The van der Waals surface area contributed by atoms with Gasteiger partial charge in [-0.1, -0.05) is 29.8 Å². The largest absolute Gasteiger partial charge is 0.491 e. The molecular formula is C23H30N2O4S. The molecule has 0 bridgehead atoms. The number of nitrogens with one attached hydrogen (secondary N) is 1. The Morgan fingerprint density at radius 1 is 1.13 bits per heavy atom. The van der Waals surface area contributed by atoms with Crippen LogP contribution < -0.4 is 10.1 Å². The lowest BCUT2D eigenvalue weighted by molar-refractivity contribution is -0.126. The number of ether oxygens (including phenoxy) is 1. The third-order valence-corrected chi connectivity index (χ3v) is 7.05. The molecule has 1 aliphatic heterocycles. The molecule has 1 heterocycles. The van der Waals surface area contributed by atoms with E-state index in [1.807, 2.05) is 45.0 Å². The van der Waals surface area contributed by atoms with Gasteiger partial charge in [-0.2, -0.15) is 4.31 Å². The van der Waals surface area contributed by atoms with Crippen LogP contribution in [0.3, 0.4) is 0 Å². The molecule has 0 spiro atoms. The molecule has 30 heavy (non-hydrogen) atoms. The normalized spacial score (nSPS) is 17.7. The molecule has 162 valence electrons. The predicted octanol–water partition coefficient (Wildman–Crippen LogP) is 3.50.